The van der Waals surface area contributed by atoms with Gasteiger partial charge in [0.25, 0.3) is 0 Å². The second-order valence-corrected chi connectivity index (χ2v) is 4.82. The van der Waals surface area contributed by atoms with Crippen molar-refractivity contribution in [1.82, 2.24) is 0 Å². The maximum absolute atomic E-state index is 6.06. The molecule has 2 rings (SSSR count). The maximum Gasteiger partial charge on any atom is 0.135 e. The second-order valence-electron chi connectivity index (χ2n) is 4.82. The standard InChI is InChI=1S/C16H19N3/c1-16(11-7-4-8-12-16)15(18-2)19-14(17)13-9-5-3-6-10-13/h3-11H,12H2,1-2H3,(H2,17,18,19). The van der Waals surface area contributed by atoms with Crippen LogP contribution in [0.5, 0.6) is 0 Å². The number of benzene rings is 1. The first-order valence-electron chi connectivity index (χ1n) is 6.37. The fraction of sp³-hybridized carbons (Fsp3) is 0.250. The largest absolute Gasteiger partial charge is 0.383 e. The molecule has 0 radical (unpaired) electrons. The van der Waals surface area contributed by atoms with Crippen LogP contribution in [0.2, 0.25) is 0 Å². The number of nitrogens with zero attached hydrogens (tertiary/aromatic N) is 2. The molecule has 1 aromatic rings. The average Bonchev–Trinajstić information content (AvgIpc) is 2.46. The van der Waals surface area contributed by atoms with E-state index in [0.29, 0.717) is 5.84 Å². The van der Waals surface area contributed by atoms with Crippen LogP contribution >= 0.6 is 0 Å². The van der Waals surface area contributed by atoms with E-state index in [1.54, 1.807) is 7.05 Å². The summed E-state index contributed by atoms with van der Waals surface area (Å²) in [4.78, 5) is 8.83. The van der Waals surface area contributed by atoms with E-state index < -0.39 is 0 Å². The number of allylic oxidation sites excluding steroid dienone is 3. The first-order valence-corrected chi connectivity index (χ1v) is 6.37. The lowest BCUT2D eigenvalue weighted by Crippen LogP contribution is -2.27. The Morgan fingerprint density at radius 1 is 1.21 bits per heavy atom. The van der Waals surface area contributed by atoms with Gasteiger partial charge in [-0.1, -0.05) is 54.6 Å². The van der Waals surface area contributed by atoms with Crippen molar-refractivity contribution in [3.63, 3.8) is 0 Å². The van der Waals surface area contributed by atoms with Gasteiger partial charge < -0.3 is 5.73 Å². The maximum atomic E-state index is 6.06. The lowest BCUT2D eigenvalue weighted by atomic mass is 9.82. The molecule has 1 aromatic carbocycles. The predicted molar refractivity (Wildman–Crippen MR) is 81.5 cm³/mol. The minimum Gasteiger partial charge on any atom is -0.383 e. The van der Waals surface area contributed by atoms with Gasteiger partial charge in [0, 0.05) is 18.0 Å². The lowest BCUT2D eigenvalue weighted by molar-refractivity contribution is 0.594. The van der Waals surface area contributed by atoms with Crippen LogP contribution in [0.15, 0.2) is 64.6 Å². The molecule has 0 aromatic heterocycles. The Morgan fingerprint density at radius 3 is 2.53 bits per heavy atom. The summed E-state index contributed by atoms with van der Waals surface area (Å²) in [6, 6.07) is 9.76. The van der Waals surface area contributed by atoms with Gasteiger partial charge in [-0.15, -0.1) is 0 Å². The van der Waals surface area contributed by atoms with Gasteiger partial charge >= 0.3 is 0 Å². The number of hydrogen-bond acceptors (Lipinski definition) is 1. The zero-order chi connectivity index (χ0) is 13.7. The summed E-state index contributed by atoms with van der Waals surface area (Å²) in [5, 5.41) is 0. The molecular weight excluding hydrogens is 234 g/mol. The third kappa shape index (κ3) is 2.99. The molecule has 3 nitrogen and oxygen atoms in total. The van der Waals surface area contributed by atoms with Gasteiger partial charge in [-0.25, -0.2) is 4.99 Å². The molecule has 2 N–H and O–H groups in total. The van der Waals surface area contributed by atoms with Crippen molar-refractivity contribution in [2.75, 3.05) is 7.05 Å². The van der Waals surface area contributed by atoms with Crippen molar-refractivity contribution >= 4 is 11.7 Å². The van der Waals surface area contributed by atoms with Gasteiger partial charge in [-0.3, -0.25) is 4.99 Å². The number of rotatable bonds is 2. The minimum absolute atomic E-state index is 0.178. The molecule has 3 heteroatoms. The van der Waals surface area contributed by atoms with Gasteiger partial charge in [0.15, 0.2) is 0 Å². The molecule has 1 atom stereocenters. The zero-order valence-electron chi connectivity index (χ0n) is 11.4. The molecule has 98 valence electrons. The molecule has 19 heavy (non-hydrogen) atoms. The van der Waals surface area contributed by atoms with E-state index in [0.717, 1.165) is 17.8 Å². The highest BCUT2D eigenvalue weighted by Gasteiger charge is 2.27. The van der Waals surface area contributed by atoms with Crippen LogP contribution in [0, 0.1) is 5.41 Å². The Morgan fingerprint density at radius 2 is 1.95 bits per heavy atom. The third-order valence-electron chi connectivity index (χ3n) is 3.27. The van der Waals surface area contributed by atoms with Crippen molar-refractivity contribution in [2.45, 2.75) is 13.3 Å². The first kappa shape index (κ1) is 13.3. The second kappa shape index (κ2) is 5.65. The molecule has 0 amide bonds. The molecule has 0 saturated heterocycles. The van der Waals surface area contributed by atoms with Crippen molar-refractivity contribution in [3.05, 3.63) is 60.2 Å². The van der Waals surface area contributed by atoms with E-state index in [9.17, 15) is 0 Å². The highest BCUT2D eigenvalue weighted by molar-refractivity contribution is 6.07. The quantitative estimate of drug-likeness (QED) is 0.639. The molecule has 0 heterocycles. The van der Waals surface area contributed by atoms with Crippen LogP contribution in [0.25, 0.3) is 0 Å². The molecule has 0 aliphatic heterocycles. The van der Waals surface area contributed by atoms with Crippen LogP contribution in [-0.4, -0.2) is 18.7 Å². The van der Waals surface area contributed by atoms with Crippen molar-refractivity contribution in [1.29, 1.82) is 0 Å². The van der Waals surface area contributed by atoms with Crippen LogP contribution < -0.4 is 5.73 Å². The topological polar surface area (TPSA) is 50.7 Å². The zero-order valence-corrected chi connectivity index (χ0v) is 11.4. The van der Waals surface area contributed by atoms with E-state index >= 15 is 0 Å². The van der Waals surface area contributed by atoms with Gasteiger partial charge in [-0.05, 0) is 13.3 Å². The van der Waals surface area contributed by atoms with E-state index in [1.165, 1.54) is 0 Å². The summed E-state index contributed by atoms with van der Waals surface area (Å²) < 4.78 is 0. The summed E-state index contributed by atoms with van der Waals surface area (Å²) in [5.41, 5.74) is 6.81. The summed E-state index contributed by atoms with van der Waals surface area (Å²) in [6.07, 6.45) is 9.21. The summed E-state index contributed by atoms with van der Waals surface area (Å²) >= 11 is 0. The summed E-state index contributed by atoms with van der Waals surface area (Å²) in [6.45, 7) is 2.12. The lowest BCUT2D eigenvalue weighted by Gasteiger charge is -2.25. The molecule has 0 fully saturated rings. The van der Waals surface area contributed by atoms with Crippen molar-refractivity contribution in [3.8, 4) is 0 Å². The number of nitrogens with two attached hydrogens (primary N) is 1. The fourth-order valence-corrected chi connectivity index (χ4v) is 2.11. The fourth-order valence-electron chi connectivity index (χ4n) is 2.11. The van der Waals surface area contributed by atoms with Gasteiger partial charge in [0.05, 0.1) is 0 Å². The molecule has 1 aliphatic rings. The highest BCUT2D eigenvalue weighted by atomic mass is 15.0. The summed E-state index contributed by atoms with van der Waals surface area (Å²) in [5.74, 6) is 1.26. The summed E-state index contributed by atoms with van der Waals surface area (Å²) in [7, 11) is 1.76. The van der Waals surface area contributed by atoms with E-state index in [4.69, 9.17) is 5.73 Å². The Kier molecular flexibility index (Phi) is 3.95. The van der Waals surface area contributed by atoms with Crippen molar-refractivity contribution < 1.29 is 0 Å². The van der Waals surface area contributed by atoms with Gasteiger partial charge in [0.2, 0.25) is 0 Å². The minimum atomic E-state index is -0.178. The van der Waals surface area contributed by atoms with Crippen LogP contribution in [0.4, 0.5) is 0 Å². The SMILES string of the molecule is CN=C(N=C(N)c1ccccc1)C1(C)C=CC=CC1. The van der Waals surface area contributed by atoms with E-state index in [1.807, 2.05) is 42.5 Å². The van der Waals surface area contributed by atoms with E-state index in [2.05, 4.69) is 29.1 Å². The molecule has 1 aliphatic carbocycles. The molecule has 0 bridgehead atoms. The van der Waals surface area contributed by atoms with E-state index in [-0.39, 0.29) is 5.41 Å². The van der Waals surface area contributed by atoms with Crippen LogP contribution in [0.3, 0.4) is 0 Å². The molecule has 1 unspecified atom stereocenters. The third-order valence-corrected chi connectivity index (χ3v) is 3.27. The number of hydrogen-bond donors (Lipinski definition) is 1. The Hall–Kier alpha value is -2.16. The van der Waals surface area contributed by atoms with Crippen LogP contribution in [-0.2, 0) is 0 Å². The normalized spacial score (nSPS) is 23.7. The first-order chi connectivity index (χ1) is 9.15. The van der Waals surface area contributed by atoms with Gasteiger partial charge in [-0.2, -0.15) is 0 Å². The van der Waals surface area contributed by atoms with Crippen LogP contribution in [0.1, 0.15) is 18.9 Å². The van der Waals surface area contributed by atoms with Gasteiger partial charge in [0.1, 0.15) is 11.7 Å². The average molecular weight is 253 g/mol. The Bertz CT molecular complexity index is 553. The molecule has 0 saturated carbocycles. The highest BCUT2D eigenvalue weighted by Crippen LogP contribution is 2.29. The molecular formula is C16H19N3. The predicted octanol–water partition coefficient (Wildman–Crippen LogP) is 2.94. The number of aliphatic imine (C=N–C) groups is 2. The Balaban J connectivity index is 2.30. The smallest absolute Gasteiger partial charge is 0.135 e. The molecule has 0 spiro atoms. The number of amidine groups is 2. The Labute approximate surface area is 114 Å². The monoisotopic (exact) mass is 253 g/mol. The van der Waals surface area contributed by atoms with Crippen molar-refractivity contribution in [2.24, 2.45) is 21.1 Å².